The summed E-state index contributed by atoms with van der Waals surface area (Å²) in [6.45, 7) is 0. The molecular formula is C16H11BrN2O. The van der Waals surface area contributed by atoms with Gasteiger partial charge in [-0.3, -0.25) is 4.79 Å². The van der Waals surface area contributed by atoms with Gasteiger partial charge in [0.05, 0.1) is 11.2 Å². The van der Waals surface area contributed by atoms with Crippen LogP contribution >= 0.6 is 15.9 Å². The number of carbonyl (C=O) groups is 1. The van der Waals surface area contributed by atoms with Crippen LogP contribution in [0.2, 0.25) is 0 Å². The molecular weight excluding hydrogens is 316 g/mol. The molecule has 3 rings (SSSR count). The third kappa shape index (κ3) is 2.30. The maximum atomic E-state index is 12.4. The van der Waals surface area contributed by atoms with Crippen molar-refractivity contribution in [2.75, 3.05) is 5.73 Å². The second kappa shape index (κ2) is 5.06. The van der Waals surface area contributed by atoms with Gasteiger partial charge in [-0.1, -0.05) is 46.3 Å². The zero-order chi connectivity index (χ0) is 14.1. The van der Waals surface area contributed by atoms with E-state index >= 15 is 0 Å². The van der Waals surface area contributed by atoms with Gasteiger partial charge in [-0.05, 0) is 24.3 Å². The number of nitrogen functional groups attached to an aromatic ring is 1. The Morgan fingerprint density at radius 2 is 1.85 bits per heavy atom. The van der Waals surface area contributed by atoms with E-state index < -0.39 is 0 Å². The Morgan fingerprint density at radius 1 is 1.05 bits per heavy atom. The number of fused-ring (bicyclic) bond motifs is 1. The summed E-state index contributed by atoms with van der Waals surface area (Å²) in [7, 11) is 0. The van der Waals surface area contributed by atoms with Crippen LogP contribution in [0.3, 0.4) is 0 Å². The van der Waals surface area contributed by atoms with Crippen molar-refractivity contribution in [1.29, 1.82) is 0 Å². The third-order valence-corrected chi connectivity index (χ3v) is 3.56. The number of nitrogens with two attached hydrogens (primary N) is 1. The Bertz CT molecular complexity index is 814. The number of ketones is 1. The van der Waals surface area contributed by atoms with Crippen LogP contribution < -0.4 is 5.73 Å². The topological polar surface area (TPSA) is 56.0 Å². The van der Waals surface area contributed by atoms with E-state index in [9.17, 15) is 4.79 Å². The summed E-state index contributed by atoms with van der Waals surface area (Å²) >= 11 is 3.36. The molecule has 0 aliphatic heterocycles. The molecule has 3 nitrogen and oxygen atoms in total. The molecule has 1 aromatic heterocycles. The Kier molecular flexibility index (Phi) is 3.24. The van der Waals surface area contributed by atoms with Gasteiger partial charge < -0.3 is 5.73 Å². The van der Waals surface area contributed by atoms with Crippen molar-refractivity contribution >= 4 is 38.3 Å². The minimum Gasteiger partial charge on any atom is -0.397 e. The molecule has 0 bridgehead atoms. The predicted molar refractivity (Wildman–Crippen MR) is 83.7 cm³/mol. The molecule has 0 atom stereocenters. The van der Waals surface area contributed by atoms with E-state index in [1.54, 1.807) is 24.3 Å². The molecule has 0 unspecified atom stereocenters. The Morgan fingerprint density at radius 3 is 2.65 bits per heavy atom. The smallest absolute Gasteiger partial charge is 0.211 e. The van der Waals surface area contributed by atoms with Gasteiger partial charge >= 0.3 is 0 Å². The first-order valence-electron chi connectivity index (χ1n) is 6.11. The van der Waals surface area contributed by atoms with E-state index in [1.807, 2.05) is 30.3 Å². The first-order valence-corrected chi connectivity index (χ1v) is 6.90. The molecule has 4 heteroatoms. The summed E-state index contributed by atoms with van der Waals surface area (Å²) in [4.78, 5) is 16.8. The van der Waals surface area contributed by atoms with Gasteiger partial charge in [-0.25, -0.2) is 4.98 Å². The second-order valence-corrected chi connectivity index (χ2v) is 5.37. The van der Waals surface area contributed by atoms with Gasteiger partial charge in [0, 0.05) is 15.4 Å². The Labute approximate surface area is 124 Å². The minimum absolute atomic E-state index is 0.114. The minimum atomic E-state index is -0.114. The van der Waals surface area contributed by atoms with Crippen LogP contribution in [0.25, 0.3) is 10.9 Å². The molecule has 0 saturated carbocycles. The number of rotatable bonds is 2. The van der Waals surface area contributed by atoms with Crippen molar-refractivity contribution in [1.82, 2.24) is 4.98 Å². The number of nitrogens with zero attached hydrogens (tertiary/aromatic N) is 1. The molecule has 0 saturated heterocycles. The molecule has 0 aliphatic rings. The zero-order valence-electron chi connectivity index (χ0n) is 10.5. The Hall–Kier alpha value is -2.20. The molecule has 1 heterocycles. The van der Waals surface area contributed by atoms with E-state index in [2.05, 4.69) is 20.9 Å². The number of hydrogen-bond acceptors (Lipinski definition) is 3. The highest BCUT2D eigenvalue weighted by atomic mass is 79.9. The second-order valence-electron chi connectivity index (χ2n) is 4.45. The molecule has 2 N–H and O–H groups in total. The van der Waals surface area contributed by atoms with Crippen LogP contribution in [0.4, 0.5) is 5.69 Å². The van der Waals surface area contributed by atoms with E-state index in [1.165, 1.54) is 0 Å². The maximum Gasteiger partial charge on any atom is 0.211 e. The number of aromatic nitrogens is 1. The highest BCUT2D eigenvalue weighted by molar-refractivity contribution is 9.10. The number of anilines is 1. The van der Waals surface area contributed by atoms with Crippen molar-refractivity contribution in [3.63, 3.8) is 0 Å². The first-order chi connectivity index (χ1) is 9.65. The molecule has 0 spiro atoms. The lowest BCUT2D eigenvalue weighted by atomic mass is 10.1. The summed E-state index contributed by atoms with van der Waals surface area (Å²) in [6.07, 6.45) is 0. The quantitative estimate of drug-likeness (QED) is 0.575. The zero-order valence-corrected chi connectivity index (χ0v) is 12.1. The monoisotopic (exact) mass is 326 g/mol. The molecule has 2 aromatic carbocycles. The molecule has 0 aliphatic carbocycles. The van der Waals surface area contributed by atoms with Crippen molar-refractivity contribution in [3.05, 3.63) is 70.3 Å². The fourth-order valence-corrected chi connectivity index (χ4v) is 2.47. The lowest BCUT2D eigenvalue weighted by Gasteiger charge is -2.05. The van der Waals surface area contributed by atoms with Crippen molar-refractivity contribution in [2.24, 2.45) is 0 Å². The van der Waals surface area contributed by atoms with Crippen LogP contribution in [0, 0.1) is 0 Å². The van der Waals surface area contributed by atoms with E-state index in [-0.39, 0.29) is 5.78 Å². The van der Waals surface area contributed by atoms with Crippen molar-refractivity contribution in [2.45, 2.75) is 0 Å². The number of halogens is 1. The SMILES string of the molecule is Nc1cccc2ccc(C(=O)c3cccc(Br)c3)nc12. The van der Waals surface area contributed by atoms with E-state index in [4.69, 9.17) is 5.73 Å². The molecule has 0 amide bonds. The number of pyridine rings is 1. The van der Waals surface area contributed by atoms with Gasteiger partial charge in [0.1, 0.15) is 5.69 Å². The summed E-state index contributed by atoms with van der Waals surface area (Å²) < 4.78 is 0.864. The normalized spacial score (nSPS) is 10.7. The molecule has 20 heavy (non-hydrogen) atoms. The van der Waals surface area contributed by atoms with Crippen molar-refractivity contribution in [3.8, 4) is 0 Å². The van der Waals surface area contributed by atoms with Crippen molar-refractivity contribution < 1.29 is 4.79 Å². The lowest BCUT2D eigenvalue weighted by Crippen LogP contribution is -2.04. The van der Waals surface area contributed by atoms with Gasteiger partial charge in [0.25, 0.3) is 0 Å². The van der Waals surface area contributed by atoms with E-state index in [0.717, 1.165) is 9.86 Å². The van der Waals surface area contributed by atoms with Crippen LogP contribution in [0.1, 0.15) is 16.1 Å². The van der Waals surface area contributed by atoms with Crippen LogP contribution in [0.15, 0.2) is 59.1 Å². The highest BCUT2D eigenvalue weighted by Crippen LogP contribution is 2.21. The average molecular weight is 327 g/mol. The number of benzene rings is 2. The lowest BCUT2D eigenvalue weighted by molar-refractivity contribution is 0.103. The largest absolute Gasteiger partial charge is 0.397 e. The summed E-state index contributed by atoms with van der Waals surface area (Å²) in [6, 6.07) is 16.4. The van der Waals surface area contributed by atoms with E-state index in [0.29, 0.717) is 22.5 Å². The summed E-state index contributed by atoms with van der Waals surface area (Å²) in [5.74, 6) is -0.114. The fourth-order valence-electron chi connectivity index (χ4n) is 2.07. The number of para-hydroxylation sites is 1. The molecule has 0 fully saturated rings. The summed E-state index contributed by atoms with van der Waals surface area (Å²) in [5, 5.41) is 0.927. The van der Waals surface area contributed by atoms with Gasteiger partial charge in [-0.2, -0.15) is 0 Å². The van der Waals surface area contributed by atoms with Crippen LogP contribution in [0.5, 0.6) is 0 Å². The highest BCUT2D eigenvalue weighted by Gasteiger charge is 2.12. The molecule has 3 aromatic rings. The molecule has 98 valence electrons. The molecule has 0 radical (unpaired) electrons. The van der Waals surface area contributed by atoms with Crippen LogP contribution in [-0.4, -0.2) is 10.8 Å². The maximum absolute atomic E-state index is 12.4. The summed E-state index contributed by atoms with van der Waals surface area (Å²) in [5.41, 5.74) is 8.14. The number of carbonyl (C=O) groups excluding carboxylic acids is 1. The van der Waals surface area contributed by atoms with Gasteiger partial charge in [0.2, 0.25) is 5.78 Å². The van der Waals surface area contributed by atoms with Gasteiger partial charge in [-0.15, -0.1) is 0 Å². The predicted octanol–water partition coefficient (Wildman–Crippen LogP) is 3.81. The first kappa shape index (κ1) is 12.8. The standard InChI is InChI=1S/C16H11BrN2O/c17-12-5-1-4-11(9-12)16(20)14-8-7-10-3-2-6-13(18)15(10)19-14/h1-9H,18H2. The fraction of sp³-hybridized carbons (Fsp3) is 0. The number of hydrogen-bond donors (Lipinski definition) is 1. The Balaban J connectivity index is 2.10. The average Bonchev–Trinajstić information content (AvgIpc) is 2.47. The third-order valence-electron chi connectivity index (χ3n) is 3.07. The van der Waals surface area contributed by atoms with Crippen LogP contribution in [-0.2, 0) is 0 Å². The van der Waals surface area contributed by atoms with Gasteiger partial charge in [0.15, 0.2) is 0 Å².